The number of nitrogens with two attached hydrogens (primary N) is 1. The molecular weight excluding hydrogens is 264 g/mol. The first-order valence-corrected chi connectivity index (χ1v) is 6.28. The molecule has 2 rings (SSSR count). The molecule has 2 aromatic carbocycles. The summed E-state index contributed by atoms with van der Waals surface area (Å²) in [4.78, 5) is 0.403. The summed E-state index contributed by atoms with van der Waals surface area (Å²) in [6.07, 6.45) is 0. The van der Waals surface area contributed by atoms with Gasteiger partial charge in [0.05, 0.1) is 0 Å². The van der Waals surface area contributed by atoms with Crippen molar-refractivity contribution < 1.29 is 0 Å². The zero-order chi connectivity index (χ0) is 13.1. The first-order chi connectivity index (χ1) is 8.56. The number of benzene rings is 2. The molecule has 0 aliphatic heterocycles. The highest BCUT2D eigenvalue weighted by molar-refractivity contribution is 7.80. The molecule has 0 aliphatic carbocycles. The number of rotatable bonds is 3. The summed E-state index contributed by atoms with van der Waals surface area (Å²) in [5.41, 5.74) is 9.39. The van der Waals surface area contributed by atoms with E-state index in [4.69, 9.17) is 29.6 Å². The van der Waals surface area contributed by atoms with Crippen LogP contribution in [0.1, 0.15) is 11.1 Å². The molecule has 0 amide bonds. The molecule has 2 aromatic rings. The van der Waals surface area contributed by atoms with Crippen molar-refractivity contribution in [2.45, 2.75) is 6.92 Å². The number of thiocarbonyl (C=S) groups is 1. The summed E-state index contributed by atoms with van der Waals surface area (Å²) in [6.45, 7) is 1.98. The monoisotopic (exact) mass is 276 g/mol. The Morgan fingerprint density at radius 3 is 2.28 bits per heavy atom. The summed E-state index contributed by atoms with van der Waals surface area (Å²) in [6, 6.07) is 13.5. The summed E-state index contributed by atoms with van der Waals surface area (Å²) < 4.78 is 0. The molecule has 3 N–H and O–H groups in total. The quantitative estimate of drug-likeness (QED) is 0.832. The van der Waals surface area contributed by atoms with E-state index in [1.54, 1.807) is 0 Å². The van der Waals surface area contributed by atoms with Crippen molar-refractivity contribution in [1.82, 2.24) is 0 Å². The lowest BCUT2D eigenvalue weighted by molar-refractivity contribution is 1.45. The molecule has 0 aromatic heterocycles. The van der Waals surface area contributed by atoms with Gasteiger partial charge in [0.25, 0.3) is 0 Å². The average molecular weight is 277 g/mol. The van der Waals surface area contributed by atoms with Gasteiger partial charge in [-0.1, -0.05) is 29.9 Å². The third-order valence-electron chi connectivity index (χ3n) is 2.63. The number of halogens is 1. The van der Waals surface area contributed by atoms with Crippen molar-refractivity contribution in [3.05, 3.63) is 58.6 Å². The van der Waals surface area contributed by atoms with Crippen LogP contribution < -0.4 is 11.1 Å². The smallest absolute Gasteiger partial charge is 0.103 e. The molecule has 0 radical (unpaired) electrons. The molecule has 18 heavy (non-hydrogen) atoms. The maximum absolute atomic E-state index is 6.07. The van der Waals surface area contributed by atoms with E-state index in [1.165, 1.54) is 0 Å². The molecule has 0 saturated heterocycles. The third kappa shape index (κ3) is 3.00. The van der Waals surface area contributed by atoms with Crippen molar-refractivity contribution >= 4 is 40.2 Å². The molecular formula is C14H13ClN2S. The first kappa shape index (κ1) is 12.9. The summed E-state index contributed by atoms with van der Waals surface area (Å²) in [5, 5.41) is 4.02. The van der Waals surface area contributed by atoms with Gasteiger partial charge in [-0.3, -0.25) is 0 Å². The Labute approximate surface area is 117 Å². The minimum absolute atomic E-state index is 0.403. The number of hydrogen-bond donors (Lipinski definition) is 2. The molecule has 0 fully saturated rings. The molecule has 0 atom stereocenters. The molecule has 0 spiro atoms. The lowest BCUT2D eigenvalue weighted by atomic mass is 10.2. The van der Waals surface area contributed by atoms with Gasteiger partial charge in [0.15, 0.2) is 0 Å². The van der Waals surface area contributed by atoms with Crippen molar-refractivity contribution in [2.75, 3.05) is 5.32 Å². The Morgan fingerprint density at radius 1 is 1.11 bits per heavy atom. The normalized spacial score (nSPS) is 10.1. The standard InChI is InChI=1S/C14H13ClN2S/c1-9-2-5-12(8-13(9)15)17-11-6-3-10(4-7-11)14(16)18/h2-8,17H,1H3,(H2,16,18). The fourth-order valence-corrected chi connectivity index (χ4v) is 1.87. The van der Waals surface area contributed by atoms with Gasteiger partial charge in [0, 0.05) is 22.0 Å². The second kappa shape index (κ2) is 5.38. The highest BCUT2D eigenvalue weighted by Gasteiger charge is 2.00. The molecule has 2 nitrogen and oxygen atoms in total. The lowest BCUT2D eigenvalue weighted by Gasteiger charge is -2.08. The van der Waals surface area contributed by atoms with E-state index in [-0.39, 0.29) is 0 Å². The summed E-state index contributed by atoms with van der Waals surface area (Å²) in [7, 11) is 0. The SMILES string of the molecule is Cc1ccc(Nc2ccc(C(N)=S)cc2)cc1Cl. The fourth-order valence-electron chi connectivity index (χ4n) is 1.56. The molecule has 0 heterocycles. The maximum Gasteiger partial charge on any atom is 0.103 e. The van der Waals surface area contributed by atoms with Gasteiger partial charge in [-0.2, -0.15) is 0 Å². The van der Waals surface area contributed by atoms with Crippen LogP contribution in [-0.2, 0) is 0 Å². The average Bonchev–Trinajstić information content (AvgIpc) is 2.34. The van der Waals surface area contributed by atoms with Crippen LogP contribution in [0.25, 0.3) is 0 Å². The minimum atomic E-state index is 0.403. The van der Waals surface area contributed by atoms with Crippen molar-refractivity contribution in [1.29, 1.82) is 0 Å². The highest BCUT2D eigenvalue weighted by Crippen LogP contribution is 2.23. The predicted molar refractivity (Wildman–Crippen MR) is 81.8 cm³/mol. The van der Waals surface area contributed by atoms with E-state index < -0.39 is 0 Å². The molecule has 0 unspecified atom stereocenters. The van der Waals surface area contributed by atoms with E-state index in [2.05, 4.69) is 5.32 Å². The number of aryl methyl sites for hydroxylation is 1. The Hall–Kier alpha value is -1.58. The first-order valence-electron chi connectivity index (χ1n) is 5.49. The van der Waals surface area contributed by atoms with Crippen molar-refractivity contribution in [3.8, 4) is 0 Å². The Morgan fingerprint density at radius 2 is 1.72 bits per heavy atom. The van der Waals surface area contributed by atoms with Crippen LogP contribution in [0, 0.1) is 6.92 Å². The van der Waals surface area contributed by atoms with Gasteiger partial charge in [0.2, 0.25) is 0 Å². The second-order valence-corrected chi connectivity index (χ2v) is 4.88. The van der Waals surface area contributed by atoms with Crippen LogP contribution in [0.15, 0.2) is 42.5 Å². The van der Waals surface area contributed by atoms with Gasteiger partial charge in [0.1, 0.15) is 4.99 Å². The van der Waals surface area contributed by atoms with E-state index >= 15 is 0 Å². The number of hydrogen-bond acceptors (Lipinski definition) is 2. The van der Waals surface area contributed by atoms with Crippen LogP contribution in [0.2, 0.25) is 5.02 Å². The van der Waals surface area contributed by atoms with Gasteiger partial charge in [-0.05, 0) is 48.9 Å². The maximum atomic E-state index is 6.07. The Kier molecular flexibility index (Phi) is 3.84. The van der Waals surface area contributed by atoms with Crippen LogP contribution in [0.3, 0.4) is 0 Å². The topological polar surface area (TPSA) is 38.0 Å². The van der Waals surface area contributed by atoms with Gasteiger partial charge < -0.3 is 11.1 Å². The third-order valence-corrected chi connectivity index (χ3v) is 3.27. The summed E-state index contributed by atoms with van der Waals surface area (Å²) >= 11 is 11.0. The van der Waals surface area contributed by atoms with E-state index in [0.29, 0.717) is 4.99 Å². The van der Waals surface area contributed by atoms with Gasteiger partial charge >= 0.3 is 0 Å². The van der Waals surface area contributed by atoms with Crippen LogP contribution in [-0.4, -0.2) is 4.99 Å². The van der Waals surface area contributed by atoms with Crippen LogP contribution in [0.4, 0.5) is 11.4 Å². The van der Waals surface area contributed by atoms with E-state index in [1.807, 2.05) is 49.4 Å². The Bertz CT molecular complexity index is 579. The largest absolute Gasteiger partial charge is 0.389 e. The van der Waals surface area contributed by atoms with Crippen LogP contribution in [0.5, 0.6) is 0 Å². The number of anilines is 2. The highest BCUT2D eigenvalue weighted by atomic mass is 35.5. The number of nitrogens with one attached hydrogen (secondary N) is 1. The van der Waals surface area contributed by atoms with Crippen LogP contribution >= 0.6 is 23.8 Å². The predicted octanol–water partition coefficient (Wildman–Crippen LogP) is 4.03. The van der Waals surface area contributed by atoms with E-state index in [0.717, 1.165) is 27.5 Å². The fraction of sp³-hybridized carbons (Fsp3) is 0.0714. The van der Waals surface area contributed by atoms with Crippen molar-refractivity contribution in [2.24, 2.45) is 5.73 Å². The molecule has 0 aliphatic rings. The molecule has 0 saturated carbocycles. The van der Waals surface area contributed by atoms with Crippen molar-refractivity contribution in [3.63, 3.8) is 0 Å². The van der Waals surface area contributed by atoms with Gasteiger partial charge in [-0.25, -0.2) is 0 Å². The molecule has 92 valence electrons. The second-order valence-electron chi connectivity index (χ2n) is 4.03. The summed E-state index contributed by atoms with van der Waals surface area (Å²) in [5.74, 6) is 0. The zero-order valence-electron chi connectivity index (χ0n) is 9.91. The van der Waals surface area contributed by atoms with E-state index in [9.17, 15) is 0 Å². The Balaban J connectivity index is 2.18. The van der Waals surface area contributed by atoms with Gasteiger partial charge in [-0.15, -0.1) is 0 Å². The minimum Gasteiger partial charge on any atom is -0.389 e. The zero-order valence-corrected chi connectivity index (χ0v) is 11.5. The lowest BCUT2D eigenvalue weighted by Crippen LogP contribution is -2.08. The molecule has 0 bridgehead atoms. The molecule has 4 heteroatoms.